The lowest BCUT2D eigenvalue weighted by Crippen LogP contribution is -2.39. The van der Waals surface area contributed by atoms with E-state index in [0.29, 0.717) is 24.6 Å². The Kier molecular flexibility index (Phi) is 11.0. The number of nitrogens with one attached hydrogen (secondary N) is 1. The van der Waals surface area contributed by atoms with E-state index in [9.17, 15) is 18.3 Å². The number of nitrogens with zero attached hydrogens (tertiary/aromatic N) is 1. The predicted molar refractivity (Wildman–Crippen MR) is 151 cm³/mol. The second kappa shape index (κ2) is 14.6. The molecular formula is C30H40N2O7S. The smallest absolute Gasteiger partial charge is 0.286 e. The van der Waals surface area contributed by atoms with Crippen molar-refractivity contribution in [2.75, 3.05) is 40.0 Å². The van der Waals surface area contributed by atoms with E-state index in [-0.39, 0.29) is 48.8 Å². The van der Waals surface area contributed by atoms with Crippen LogP contribution >= 0.6 is 0 Å². The molecule has 1 heterocycles. The van der Waals surface area contributed by atoms with Gasteiger partial charge in [0, 0.05) is 26.1 Å². The van der Waals surface area contributed by atoms with Crippen molar-refractivity contribution in [3.63, 3.8) is 0 Å². The van der Waals surface area contributed by atoms with Gasteiger partial charge in [-0.2, -0.15) is 4.31 Å². The van der Waals surface area contributed by atoms with Gasteiger partial charge in [-0.15, -0.1) is 0 Å². The molecule has 0 aromatic heterocycles. The molecule has 0 radical (unpaired) electrons. The van der Waals surface area contributed by atoms with Crippen LogP contribution in [0.4, 0.5) is 0 Å². The summed E-state index contributed by atoms with van der Waals surface area (Å²) in [6, 6.07) is 16.1. The van der Waals surface area contributed by atoms with Gasteiger partial charge in [-0.1, -0.05) is 43.2 Å². The van der Waals surface area contributed by atoms with E-state index in [1.54, 1.807) is 12.1 Å². The third-order valence-corrected chi connectivity index (χ3v) is 9.46. The monoisotopic (exact) mass is 572 g/mol. The van der Waals surface area contributed by atoms with Gasteiger partial charge in [-0.3, -0.25) is 4.79 Å². The number of benzene rings is 2. The highest BCUT2D eigenvalue weighted by Gasteiger charge is 2.34. The number of hydrogen-bond acceptors (Lipinski definition) is 7. The highest BCUT2D eigenvalue weighted by molar-refractivity contribution is 7.89. The zero-order chi connectivity index (χ0) is 28.4. The van der Waals surface area contributed by atoms with E-state index < -0.39 is 16.3 Å². The van der Waals surface area contributed by atoms with Gasteiger partial charge >= 0.3 is 0 Å². The van der Waals surface area contributed by atoms with E-state index >= 15 is 0 Å². The van der Waals surface area contributed by atoms with Crippen molar-refractivity contribution in [2.24, 2.45) is 11.8 Å². The minimum Gasteiger partial charge on any atom is -0.497 e. The fourth-order valence-electron chi connectivity index (χ4n) is 5.36. The average Bonchev–Trinajstić information content (AvgIpc) is 3.52. The molecule has 1 amide bonds. The Morgan fingerprint density at radius 1 is 1.07 bits per heavy atom. The van der Waals surface area contributed by atoms with Crippen LogP contribution in [0.3, 0.4) is 0 Å². The van der Waals surface area contributed by atoms with Crippen molar-refractivity contribution in [2.45, 2.75) is 49.7 Å². The average molecular weight is 573 g/mol. The number of rotatable bonds is 14. The van der Waals surface area contributed by atoms with E-state index in [0.717, 1.165) is 24.8 Å². The number of ether oxygens (including phenoxy) is 3. The maximum Gasteiger partial charge on any atom is 0.286 e. The molecule has 0 saturated heterocycles. The Morgan fingerprint density at radius 3 is 2.48 bits per heavy atom. The van der Waals surface area contributed by atoms with Gasteiger partial charge in [-0.25, -0.2) is 8.42 Å². The van der Waals surface area contributed by atoms with Crippen molar-refractivity contribution in [1.82, 2.24) is 9.62 Å². The molecule has 0 unspecified atom stereocenters. The van der Waals surface area contributed by atoms with Crippen LogP contribution in [0.15, 0.2) is 71.3 Å². The molecule has 9 nitrogen and oxygen atoms in total. The molecule has 4 rings (SSSR count). The SMILES string of the molecule is COc1ccc(S(=O)(=O)N(CCO)CCO[C@@H]2C[C@H](C3CCCC3)C=C(C(=O)NCCc3ccccc3)O2)cc1. The van der Waals surface area contributed by atoms with Gasteiger partial charge in [0.2, 0.25) is 16.3 Å². The summed E-state index contributed by atoms with van der Waals surface area (Å²) in [7, 11) is -2.34. The molecule has 1 aliphatic carbocycles. The highest BCUT2D eigenvalue weighted by atomic mass is 32.2. The van der Waals surface area contributed by atoms with Crippen molar-refractivity contribution in [1.29, 1.82) is 0 Å². The molecule has 218 valence electrons. The Morgan fingerprint density at radius 2 is 1.80 bits per heavy atom. The quantitative estimate of drug-likeness (QED) is 0.356. The van der Waals surface area contributed by atoms with Gasteiger partial charge in [0.1, 0.15) is 5.75 Å². The lowest BCUT2D eigenvalue weighted by atomic mass is 9.86. The molecular weight excluding hydrogens is 532 g/mol. The molecule has 0 bridgehead atoms. The summed E-state index contributed by atoms with van der Waals surface area (Å²) >= 11 is 0. The number of methoxy groups -OCH3 is 1. The molecule has 0 spiro atoms. The summed E-state index contributed by atoms with van der Waals surface area (Å²) in [5.41, 5.74) is 1.14. The second-order valence-corrected chi connectivity index (χ2v) is 12.1. The van der Waals surface area contributed by atoms with Crippen LogP contribution in [-0.2, 0) is 30.7 Å². The molecule has 10 heteroatoms. The van der Waals surface area contributed by atoms with Crippen molar-refractivity contribution in [3.05, 3.63) is 72.0 Å². The maximum absolute atomic E-state index is 13.2. The van der Waals surface area contributed by atoms with Gasteiger partial charge in [0.15, 0.2) is 5.76 Å². The van der Waals surface area contributed by atoms with Crippen LogP contribution in [0.1, 0.15) is 37.7 Å². The molecule has 1 aliphatic heterocycles. The zero-order valence-electron chi connectivity index (χ0n) is 23.0. The molecule has 2 atom stereocenters. The lowest BCUT2D eigenvalue weighted by Gasteiger charge is -2.32. The first kappa shape index (κ1) is 30.0. The van der Waals surface area contributed by atoms with Crippen LogP contribution in [0, 0.1) is 11.8 Å². The number of allylic oxidation sites excluding steroid dienone is 1. The molecule has 2 N–H and O–H groups in total. The molecule has 2 aromatic carbocycles. The minimum atomic E-state index is -3.85. The van der Waals surface area contributed by atoms with Crippen molar-refractivity contribution in [3.8, 4) is 5.75 Å². The summed E-state index contributed by atoms with van der Waals surface area (Å²) in [6.45, 7) is 0.187. The third kappa shape index (κ3) is 8.06. The van der Waals surface area contributed by atoms with Crippen molar-refractivity contribution >= 4 is 15.9 Å². The second-order valence-electron chi connectivity index (χ2n) is 10.2. The van der Waals surface area contributed by atoms with Crippen LogP contribution < -0.4 is 10.1 Å². The van der Waals surface area contributed by atoms with Gasteiger partial charge in [-0.05, 0) is 67.0 Å². The summed E-state index contributed by atoms with van der Waals surface area (Å²) in [6.07, 6.45) is 7.19. The van der Waals surface area contributed by atoms with E-state index in [4.69, 9.17) is 14.2 Å². The van der Waals surface area contributed by atoms with Gasteiger partial charge in [0.25, 0.3) is 5.91 Å². The predicted octanol–water partition coefficient (Wildman–Crippen LogP) is 3.49. The van der Waals surface area contributed by atoms with Crippen LogP contribution in [-0.4, -0.2) is 70.0 Å². The van der Waals surface area contributed by atoms with Crippen molar-refractivity contribution < 1.29 is 32.5 Å². The highest BCUT2D eigenvalue weighted by Crippen LogP contribution is 2.38. The number of sulfonamides is 1. The van der Waals surface area contributed by atoms with E-state index in [1.807, 2.05) is 36.4 Å². The summed E-state index contributed by atoms with van der Waals surface area (Å²) in [5, 5.41) is 12.5. The molecule has 2 aliphatic rings. The Labute approximate surface area is 237 Å². The van der Waals surface area contributed by atoms with Crippen LogP contribution in [0.25, 0.3) is 0 Å². The number of amides is 1. The fraction of sp³-hybridized carbons (Fsp3) is 0.500. The molecule has 2 aromatic rings. The Balaban J connectivity index is 1.36. The number of hydrogen-bond donors (Lipinski definition) is 2. The summed E-state index contributed by atoms with van der Waals surface area (Å²) < 4.78 is 44.7. The first-order valence-electron chi connectivity index (χ1n) is 14.0. The zero-order valence-corrected chi connectivity index (χ0v) is 23.9. The summed E-state index contributed by atoms with van der Waals surface area (Å²) in [5.74, 6) is 1.18. The van der Waals surface area contributed by atoms with E-state index in [2.05, 4.69) is 5.32 Å². The normalized spacial score (nSPS) is 19.7. The Bertz CT molecular complexity index is 1210. The molecule has 1 fully saturated rings. The van der Waals surface area contributed by atoms with Gasteiger partial charge < -0.3 is 24.6 Å². The van der Waals surface area contributed by atoms with Crippen LogP contribution in [0.5, 0.6) is 5.75 Å². The minimum absolute atomic E-state index is 0.0329. The number of carbonyl (C=O) groups is 1. The standard InChI is InChI=1S/C30H40N2O7S/c1-37-26-11-13-27(14-12-26)40(35,36)32(17-19-33)18-20-38-29-22-25(24-9-5-6-10-24)21-28(39-29)30(34)31-16-15-23-7-3-2-4-8-23/h2-4,7-8,11-14,21,24-25,29,33H,5-6,9-10,15-20,22H2,1H3,(H,31,34)/t25-,29+/m1/s1. The number of aliphatic hydroxyl groups excluding tert-OH is 1. The number of carbonyl (C=O) groups excluding carboxylic acids is 1. The van der Waals surface area contributed by atoms with Gasteiger partial charge in [0.05, 0.1) is 25.2 Å². The molecule has 40 heavy (non-hydrogen) atoms. The lowest BCUT2D eigenvalue weighted by molar-refractivity contribution is -0.151. The fourth-order valence-corrected chi connectivity index (χ4v) is 6.77. The topological polar surface area (TPSA) is 114 Å². The number of aliphatic hydroxyl groups is 1. The first-order valence-corrected chi connectivity index (χ1v) is 15.4. The largest absolute Gasteiger partial charge is 0.497 e. The maximum atomic E-state index is 13.2. The van der Waals surface area contributed by atoms with E-state index in [1.165, 1.54) is 36.4 Å². The van der Waals surface area contributed by atoms with Crippen LogP contribution in [0.2, 0.25) is 0 Å². The molecule has 1 saturated carbocycles. The summed E-state index contributed by atoms with van der Waals surface area (Å²) in [4.78, 5) is 13.1. The first-order chi connectivity index (χ1) is 19.4. The third-order valence-electron chi connectivity index (χ3n) is 7.55. The Hall–Kier alpha value is -2.92.